The summed E-state index contributed by atoms with van der Waals surface area (Å²) < 4.78 is 57.2. The van der Waals surface area contributed by atoms with E-state index >= 15 is 0 Å². The number of alkyl halides is 3. The Kier molecular flexibility index (Phi) is 6.79. The molecule has 1 aromatic carbocycles. The van der Waals surface area contributed by atoms with Gasteiger partial charge in [0.25, 0.3) is 5.91 Å². The predicted octanol–water partition coefficient (Wildman–Crippen LogP) is 4.37. The number of hydrogen-bond donors (Lipinski definition) is 1. The number of pyridine rings is 1. The standard InChI is InChI=1S/C24H20F4N6O3/c1-13-18(23(36)33(3)11-16-8-17(4-5-19(16)25)37-24(26,27)28)9-15(10-29-13)20-6-7-22-31-21(30-14(2)35)12-34(22)32-20/h4-10,12H,11H2,1-3H3,(H,30,35). The second kappa shape index (κ2) is 9.84. The van der Waals surface area contributed by atoms with Gasteiger partial charge in [0.2, 0.25) is 5.91 Å². The summed E-state index contributed by atoms with van der Waals surface area (Å²) in [6.07, 6.45) is -1.87. The van der Waals surface area contributed by atoms with E-state index in [0.29, 0.717) is 28.4 Å². The minimum Gasteiger partial charge on any atom is -0.406 e. The molecule has 0 saturated carbocycles. The molecule has 0 spiro atoms. The lowest BCUT2D eigenvalue weighted by Gasteiger charge is -2.20. The second-order valence-corrected chi connectivity index (χ2v) is 8.15. The van der Waals surface area contributed by atoms with Gasteiger partial charge < -0.3 is 15.0 Å². The lowest BCUT2D eigenvalue weighted by molar-refractivity contribution is -0.274. The minimum absolute atomic E-state index is 0.151. The topological polar surface area (TPSA) is 102 Å². The fraction of sp³-hybridized carbons (Fsp3) is 0.208. The molecule has 0 unspecified atom stereocenters. The number of nitrogens with zero attached hydrogens (tertiary/aromatic N) is 5. The van der Waals surface area contributed by atoms with Crippen molar-refractivity contribution in [1.29, 1.82) is 0 Å². The highest BCUT2D eigenvalue weighted by Gasteiger charge is 2.31. The van der Waals surface area contributed by atoms with Crippen molar-refractivity contribution in [2.75, 3.05) is 12.4 Å². The van der Waals surface area contributed by atoms with Gasteiger partial charge >= 0.3 is 6.36 Å². The van der Waals surface area contributed by atoms with Gasteiger partial charge in [-0.3, -0.25) is 14.6 Å². The molecule has 0 saturated heterocycles. The van der Waals surface area contributed by atoms with Gasteiger partial charge in [0, 0.05) is 37.8 Å². The van der Waals surface area contributed by atoms with Crippen molar-refractivity contribution in [3.63, 3.8) is 0 Å². The molecule has 192 valence electrons. The number of halogens is 4. The number of imidazole rings is 1. The molecule has 1 N–H and O–H groups in total. The number of carbonyl (C=O) groups is 2. The highest BCUT2D eigenvalue weighted by molar-refractivity contribution is 5.96. The summed E-state index contributed by atoms with van der Waals surface area (Å²) in [7, 11) is 1.39. The molecule has 37 heavy (non-hydrogen) atoms. The molecule has 13 heteroatoms. The normalized spacial score (nSPS) is 11.4. The molecule has 0 fully saturated rings. The predicted molar refractivity (Wildman–Crippen MR) is 124 cm³/mol. The number of ether oxygens (including phenoxy) is 1. The first kappa shape index (κ1) is 25.5. The van der Waals surface area contributed by atoms with Gasteiger partial charge in [-0.25, -0.2) is 13.9 Å². The molecule has 0 aliphatic rings. The van der Waals surface area contributed by atoms with Crippen molar-refractivity contribution < 1.29 is 31.9 Å². The monoisotopic (exact) mass is 516 g/mol. The Morgan fingerprint density at radius 3 is 2.62 bits per heavy atom. The summed E-state index contributed by atoms with van der Waals surface area (Å²) in [4.78, 5) is 34.1. The van der Waals surface area contributed by atoms with Gasteiger partial charge in [0.15, 0.2) is 11.5 Å². The van der Waals surface area contributed by atoms with E-state index in [-0.39, 0.29) is 23.6 Å². The van der Waals surface area contributed by atoms with Crippen molar-refractivity contribution in [1.82, 2.24) is 24.5 Å². The fourth-order valence-corrected chi connectivity index (χ4v) is 3.57. The largest absolute Gasteiger partial charge is 0.573 e. The molecule has 0 atom stereocenters. The van der Waals surface area contributed by atoms with Crippen LogP contribution in [0.4, 0.5) is 23.4 Å². The highest BCUT2D eigenvalue weighted by atomic mass is 19.4. The van der Waals surface area contributed by atoms with Crippen LogP contribution in [-0.2, 0) is 11.3 Å². The zero-order chi connectivity index (χ0) is 26.9. The molecular weight excluding hydrogens is 496 g/mol. The maximum atomic E-state index is 14.3. The molecule has 9 nitrogen and oxygen atoms in total. The summed E-state index contributed by atoms with van der Waals surface area (Å²) in [6.45, 7) is 2.67. The van der Waals surface area contributed by atoms with Gasteiger partial charge in [-0.05, 0) is 43.3 Å². The van der Waals surface area contributed by atoms with Crippen molar-refractivity contribution in [3.8, 4) is 17.0 Å². The Balaban J connectivity index is 1.58. The number of amides is 2. The summed E-state index contributed by atoms with van der Waals surface area (Å²) in [5.74, 6) is -1.85. The molecule has 4 aromatic rings. The number of hydrogen-bond acceptors (Lipinski definition) is 6. The van der Waals surface area contributed by atoms with E-state index in [2.05, 4.69) is 25.1 Å². The number of benzene rings is 1. The van der Waals surface area contributed by atoms with E-state index in [9.17, 15) is 27.2 Å². The van der Waals surface area contributed by atoms with Crippen LogP contribution in [0.15, 0.2) is 48.8 Å². The SMILES string of the molecule is CC(=O)Nc1cn2nc(-c3cnc(C)c(C(=O)N(C)Cc4cc(OC(F)(F)F)ccc4F)c3)ccc2n1. The maximum Gasteiger partial charge on any atom is 0.573 e. The molecule has 3 aromatic heterocycles. The van der Waals surface area contributed by atoms with Gasteiger partial charge in [-0.2, -0.15) is 5.10 Å². The number of fused-ring (bicyclic) bond motifs is 1. The van der Waals surface area contributed by atoms with Crippen LogP contribution >= 0.6 is 0 Å². The number of aryl methyl sites for hydroxylation is 1. The van der Waals surface area contributed by atoms with Gasteiger partial charge in [-0.1, -0.05) is 0 Å². The Bertz CT molecular complexity index is 1500. The Labute approximate surface area is 207 Å². The summed E-state index contributed by atoms with van der Waals surface area (Å²) >= 11 is 0. The van der Waals surface area contributed by atoms with Gasteiger partial charge in [0.05, 0.1) is 23.1 Å². The van der Waals surface area contributed by atoms with E-state index in [1.807, 2.05) is 0 Å². The minimum atomic E-state index is -4.93. The zero-order valence-corrected chi connectivity index (χ0v) is 19.8. The fourth-order valence-electron chi connectivity index (χ4n) is 3.57. The van der Waals surface area contributed by atoms with Crippen LogP contribution in [0.3, 0.4) is 0 Å². The van der Waals surface area contributed by atoms with Gasteiger partial charge in [0.1, 0.15) is 11.6 Å². The molecule has 0 bridgehead atoms. The number of carbonyl (C=O) groups excluding carboxylic acids is 2. The van der Waals surface area contributed by atoms with Crippen molar-refractivity contribution in [2.24, 2.45) is 0 Å². The van der Waals surface area contributed by atoms with Crippen molar-refractivity contribution >= 4 is 23.3 Å². The van der Waals surface area contributed by atoms with Crippen LogP contribution in [0.2, 0.25) is 0 Å². The van der Waals surface area contributed by atoms with Crippen LogP contribution in [0.1, 0.15) is 28.5 Å². The van der Waals surface area contributed by atoms with Crippen molar-refractivity contribution in [2.45, 2.75) is 26.8 Å². The Morgan fingerprint density at radius 1 is 1.16 bits per heavy atom. The van der Waals surface area contributed by atoms with Crippen LogP contribution < -0.4 is 10.1 Å². The molecule has 2 amide bonds. The van der Waals surface area contributed by atoms with E-state index in [4.69, 9.17) is 0 Å². The van der Waals surface area contributed by atoms with Crippen molar-refractivity contribution in [3.05, 3.63) is 71.4 Å². The molecule has 4 rings (SSSR count). The first-order chi connectivity index (χ1) is 17.4. The molecule has 0 aliphatic carbocycles. The highest BCUT2D eigenvalue weighted by Crippen LogP contribution is 2.26. The molecule has 0 radical (unpaired) electrons. The quantitative estimate of drug-likeness (QED) is 0.382. The number of anilines is 1. The lowest BCUT2D eigenvalue weighted by Crippen LogP contribution is -2.27. The maximum absolute atomic E-state index is 14.3. The van der Waals surface area contributed by atoms with Crippen LogP contribution in [0.5, 0.6) is 5.75 Å². The van der Waals surface area contributed by atoms with Gasteiger partial charge in [-0.15, -0.1) is 13.2 Å². The van der Waals surface area contributed by atoms with Crippen LogP contribution in [-0.4, -0.2) is 49.7 Å². The number of rotatable bonds is 6. The van der Waals surface area contributed by atoms with Crippen LogP contribution in [0, 0.1) is 12.7 Å². The summed E-state index contributed by atoms with van der Waals surface area (Å²) in [6, 6.07) is 7.52. The third-order valence-electron chi connectivity index (χ3n) is 5.24. The summed E-state index contributed by atoms with van der Waals surface area (Å²) in [5, 5.41) is 7.02. The second-order valence-electron chi connectivity index (χ2n) is 8.15. The van der Waals surface area contributed by atoms with E-state index in [1.165, 1.54) is 30.9 Å². The Hall–Kier alpha value is -4.55. The average Bonchev–Trinajstić information content (AvgIpc) is 3.20. The zero-order valence-electron chi connectivity index (χ0n) is 19.8. The van der Waals surface area contributed by atoms with E-state index in [0.717, 1.165) is 23.1 Å². The summed E-state index contributed by atoms with van der Waals surface area (Å²) in [5.41, 5.74) is 1.91. The Morgan fingerprint density at radius 2 is 1.92 bits per heavy atom. The van der Waals surface area contributed by atoms with E-state index in [1.54, 1.807) is 25.1 Å². The third kappa shape index (κ3) is 6.00. The number of aromatic nitrogens is 4. The lowest BCUT2D eigenvalue weighted by atomic mass is 10.1. The first-order valence-corrected chi connectivity index (χ1v) is 10.8. The smallest absolute Gasteiger partial charge is 0.406 e. The molecule has 0 aliphatic heterocycles. The first-order valence-electron chi connectivity index (χ1n) is 10.8. The number of nitrogens with one attached hydrogen (secondary N) is 1. The van der Waals surface area contributed by atoms with E-state index < -0.39 is 23.8 Å². The third-order valence-corrected chi connectivity index (χ3v) is 5.24. The molecular formula is C24H20F4N6O3. The average molecular weight is 516 g/mol. The molecule has 3 heterocycles. The van der Waals surface area contributed by atoms with Crippen LogP contribution in [0.25, 0.3) is 16.9 Å².